The van der Waals surface area contributed by atoms with Crippen LogP contribution in [0.15, 0.2) is 47.5 Å². The van der Waals surface area contributed by atoms with Crippen LogP contribution in [0, 0.1) is 0 Å². The molecule has 142 valence electrons. The Morgan fingerprint density at radius 1 is 0.889 bits per heavy atom. The van der Waals surface area contributed by atoms with Gasteiger partial charge in [0.25, 0.3) is 0 Å². The van der Waals surface area contributed by atoms with Crippen LogP contribution in [0.2, 0.25) is 0 Å². The highest BCUT2D eigenvalue weighted by Gasteiger charge is 2.30. The Bertz CT molecular complexity index is 841. The van der Waals surface area contributed by atoms with Crippen molar-refractivity contribution >= 4 is 5.84 Å². The molecule has 0 radical (unpaired) electrons. The predicted octanol–water partition coefficient (Wildman–Crippen LogP) is 3.84. The third-order valence-electron chi connectivity index (χ3n) is 4.69. The van der Waals surface area contributed by atoms with Crippen molar-refractivity contribution < 1.29 is 22.6 Å². The molecule has 0 unspecified atom stereocenters. The van der Waals surface area contributed by atoms with Gasteiger partial charge in [-0.2, -0.15) is 13.2 Å². The van der Waals surface area contributed by atoms with Crippen molar-refractivity contribution in [1.82, 2.24) is 4.90 Å². The van der Waals surface area contributed by atoms with E-state index < -0.39 is 11.7 Å². The summed E-state index contributed by atoms with van der Waals surface area (Å²) in [5.74, 6) is 1.60. The fourth-order valence-corrected chi connectivity index (χ4v) is 3.30. The topological polar surface area (TPSA) is 34.1 Å². The fourth-order valence-electron chi connectivity index (χ4n) is 3.30. The molecule has 2 aliphatic rings. The monoisotopic (exact) mass is 376 g/mol. The van der Waals surface area contributed by atoms with Crippen LogP contribution < -0.4 is 4.74 Å². The number of rotatable bonds is 1. The summed E-state index contributed by atoms with van der Waals surface area (Å²) in [6.45, 7) is 3.87. The minimum Gasteiger partial charge on any atom is -0.491 e. The van der Waals surface area contributed by atoms with E-state index in [1.807, 2.05) is 18.2 Å². The third-order valence-corrected chi connectivity index (χ3v) is 4.69. The third kappa shape index (κ3) is 3.78. The minimum atomic E-state index is -4.34. The second kappa shape index (κ2) is 7.23. The summed E-state index contributed by atoms with van der Waals surface area (Å²) in [5, 5.41) is 0. The van der Waals surface area contributed by atoms with Crippen LogP contribution in [-0.2, 0) is 10.9 Å². The van der Waals surface area contributed by atoms with E-state index in [0.29, 0.717) is 26.4 Å². The Hall–Kier alpha value is -2.54. The first-order chi connectivity index (χ1) is 13.0. The summed E-state index contributed by atoms with van der Waals surface area (Å²) in [5.41, 5.74) is 1.76. The van der Waals surface area contributed by atoms with Crippen molar-refractivity contribution in [3.8, 4) is 16.9 Å². The normalized spacial score (nSPS) is 17.6. The Morgan fingerprint density at radius 2 is 1.59 bits per heavy atom. The van der Waals surface area contributed by atoms with Crippen LogP contribution in [0.3, 0.4) is 0 Å². The van der Waals surface area contributed by atoms with E-state index in [1.165, 1.54) is 12.1 Å². The second-order valence-electron chi connectivity index (χ2n) is 6.44. The van der Waals surface area contributed by atoms with Crippen LogP contribution in [-0.4, -0.2) is 50.2 Å². The summed E-state index contributed by atoms with van der Waals surface area (Å²) in [4.78, 5) is 6.86. The maximum absolute atomic E-state index is 12.8. The molecule has 7 heteroatoms. The van der Waals surface area contributed by atoms with Gasteiger partial charge in [-0.15, -0.1) is 0 Å². The first-order valence-electron chi connectivity index (χ1n) is 8.84. The molecule has 2 aliphatic heterocycles. The maximum Gasteiger partial charge on any atom is 0.416 e. The second-order valence-corrected chi connectivity index (χ2v) is 6.44. The van der Waals surface area contributed by atoms with E-state index >= 15 is 0 Å². The number of nitrogens with zero attached hydrogens (tertiary/aromatic N) is 2. The van der Waals surface area contributed by atoms with E-state index in [9.17, 15) is 13.2 Å². The van der Waals surface area contributed by atoms with Gasteiger partial charge in [-0.05, 0) is 35.4 Å². The molecular formula is C20H19F3N2O2. The molecule has 0 saturated carbocycles. The van der Waals surface area contributed by atoms with Gasteiger partial charge in [-0.1, -0.05) is 18.2 Å². The molecular weight excluding hydrogens is 357 g/mol. The van der Waals surface area contributed by atoms with Gasteiger partial charge in [-0.25, -0.2) is 0 Å². The van der Waals surface area contributed by atoms with Crippen LogP contribution in [0.25, 0.3) is 11.1 Å². The number of fused-ring (bicyclic) bond motifs is 1. The van der Waals surface area contributed by atoms with Crippen molar-refractivity contribution in [2.24, 2.45) is 4.99 Å². The van der Waals surface area contributed by atoms with Crippen LogP contribution in [0.1, 0.15) is 11.1 Å². The molecule has 4 nitrogen and oxygen atoms in total. The molecule has 0 spiro atoms. The summed E-state index contributed by atoms with van der Waals surface area (Å²) in [6, 6.07) is 10.9. The highest BCUT2D eigenvalue weighted by atomic mass is 19.4. The molecule has 0 bridgehead atoms. The number of benzene rings is 2. The van der Waals surface area contributed by atoms with Crippen LogP contribution in [0.4, 0.5) is 13.2 Å². The lowest BCUT2D eigenvalue weighted by Crippen LogP contribution is -2.41. The lowest BCUT2D eigenvalue weighted by atomic mass is 10.00. The number of morpholine rings is 1. The molecule has 0 aliphatic carbocycles. The zero-order chi connectivity index (χ0) is 18.9. The molecule has 1 fully saturated rings. The number of amidine groups is 1. The lowest BCUT2D eigenvalue weighted by Gasteiger charge is -2.30. The largest absolute Gasteiger partial charge is 0.491 e. The molecule has 4 rings (SSSR count). The summed E-state index contributed by atoms with van der Waals surface area (Å²) < 4.78 is 49.6. The van der Waals surface area contributed by atoms with Crippen LogP contribution in [0.5, 0.6) is 5.75 Å². The number of ether oxygens (including phenoxy) is 2. The summed E-state index contributed by atoms with van der Waals surface area (Å²) in [7, 11) is 0. The smallest absolute Gasteiger partial charge is 0.416 e. The number of halogens is 3. The number of alkyl halides is 3. The number of aliphatic imine (C=N–C) groups is 1. The Morgan fingerprint density at radius 3 is 2.30 bits per heavy atom. The number of hydrogen-bond donors (Lipinski definition) is 0. The van der Waals surface area contributed by atoms with Crippen molar-refractivity contribution in [2.45, 2.75) is 6.18 Å². The Labute approximate surface area is 155 Å². The Balaban J connectivity index is 1.70. The minimum absolute atomic E-state index is 0.500. The molecule has 2 aromatic rings. The highest BCUT2D eigenvalue weighted by Crippen LogP contribution is 2.33. The van der Waals surface area contributed by atoms with Gasteiger partial charge < -0.3 is 14.4 Å². The van der Waals surface area contributed by atoms with Crippen molar-refractivity contribution in [1.29, 1.82) is 0 Å². The first-order valence-corrected chi connectivity index (χ1v) is 8.84. The van der Waals surface area contributed by atoms with Gasteiger partial charge in [0, 0.05) is 13.1 Å². The van der Waals surface area contributed by atoms with Crippen LogP contribution >= 0.6 is 0 Å². The van der Waals surface area contributed by atoms with E-state index in [4.69, 9.17) is 9.47 Å². The molecule has 27 heavy (non-hydrogen) atoms. The average molecular weight is 376 g/mol. The van der Waals surface area contributed by atoms with Gasteiger partial charge in [-0.3, -0.25) is 4.99 Å². The van der Waals surface area contributed by atoms with Crippen molar-refractivity contribution in [3.63, 3.8) is 0 Å². The van der Waals surface area contributed by atoms with Crippen molar-refractivity contribution in [3.05, 3.63) is 53.6 Å². The van der Waals surface area contributed by atoms with Gasteiger partial charge in [0.15, 0.2) is 0 Å². The zero-order valence-corrected chi connectivity index (χ0v) is 14.6. The molecule has 0 atom stereocenters. The Kier molecular flexibility index (Phi) is 4.78. The van der Waals surface area contributed by atoms with E-state index in [-0.39, 0.29) is 0 Å². The average Bonchev–Trinajstić information content (AvgIpc) is 2.90. The lowest BCUT2D eigenvalue weighted by molar-refractivity contribution is -0.137. The van der Waals surface area contributed by atoms with Gasteiger partial charge in [0.05, 0.1) is 30.9 Å². The highest BCUT2D eigenvalue weighted by molar-refractivity contribution is 6.02. The van der Waals surface area contributed by atoms with E-state index in [0.717, 1.165) is 53.5 Å². The fraction of sp³-hybridized carbons (Fsp3) is 0.350. The standard InChI is InChI=1S/C20H19F3N2O2/c21-20(22,23)16-4-1-14(2-5-16)15-3-6-18-17(13-15)19(24-7-10-27-18)25-8-11-26-12-9-25/h1-6,13H,7-12H2. The molecule has 2 aromatic carbocycles. The van der Waals surface area contributed by atoms with Gasteiger partial charge in [0.2, 0.25) is 0 Å². The van der Waals surface area contributed by atoms with Gasteiger partial charge >= 0.3 is 6.18 Å². The number of hydrogen-bond acceptors (Lipinski definition) is 4. The SMILES string of the molecule is FC(F)(F)c1ccc(-c2ccc3c(c2)C(N2CCOCC2)=NCCO3)cc1. The van der Waals surface area contributed by atoms with E-state index in [2.05, 4.69) is 9.89 Å². The van der Waals surface area contributed by atoms with E-state index in [1.54, 1.807) is 0 Å². The maximum atomic E-state index is 12.8. The predicted molar refractivity (Wildman–Crippen MR) is 96.2 cm³/mol. The summed E-state index contributed by atoms with van der Waals surface area (Å²) >= 11 is 0. The quantitative estimate of drug-likeness (QED) is 0.758. The molecule has 0 amide bonds. The molecule has 1 saturated heterocycles. The van der Waals surface area contributed by atoms with Crippen molar-refractivity contribution in [2.75, 3.05) is 39.5 Å². The summed E-state index contributed by atoms with van der Waals surface area (Å²) in [6.07, 6.45) is -4.34. The molecule has 2 heterocycles. The molecule has 0 N–H and O–H groups in total. The van der Waals surface area contributed by atoms with Gasteiger partial charge in [0.1, 0.15) is 18.2 Å². The first kappa shape index (κ1) is 17.9. The molecule has 0 aromatic heterocycles. The zero-order valence-electron chi connectivity index (χ0n) is 14.6.